The van der Waals surface area contributed by atoms with E-state index >= 15 is 0 Å². The smallest absolute Gasteiger partial charge is 0.170 e. The number of hydrogen-bond donors (Lipinski definition) is 1. The summed E-state index contributed by atoms with van der Waals surface area (Å²) >= 11 is 6.85. The van der Waals surface area contributed by atoms with E-state index < -0.39 is 5.82 Å². The number of carbonyl (C=O) groups excluding carboxylic acids is 1. The molecule has 3 rings (SSSR count). The molecule has 2 aliphatic carbocycles. The molecule has 5 heteroatoms. The van der Waals surface area contributed by atoms with Crippen molar-refractivity contribution in [2.24, 2.45) is 5.41 Å². The first-order valence-corrected chi connectivity index (χ1v) is 8.20. The Labute approximate surface area is 133 Å². The lowest BCUT2D eigenvalue weighted by atomic mass is 9.71. The Morgan fingerprint density at radius 3 is 2.80 bits per heavy atom. The number of allylic oxidation sites excluding steroid dienone is 2. The number of halogens is 3. The Morgan fingerprint density at radius 1 is 1.45 bits per heavy atom. The third kappa shape index (κ3) is 1.75. The summed E-state index contributed by atoms with van der Waals surface area (Å²) in [6, 6.07) is 1.47. The van der Waals surface area contributed by atoms with Crippen LogP contribution in [0.4, 0.5) is 10.1 Å². The van der Waals surface area contributed by atoms with E-state index in [0.717, 1.165) is 36.0 Å². The summed E-state index contributed by atoms with van der Waals surface area (Å²) in [5.74, 6) is -0.335. The summed E-state index contributed by atoms with van der Waals surface area (Å²) in [5.41, 5.74) is 8.66. The van der Waals surface area contributed by atoms with Crippen LogP contribution in [-0.4, -0.2) is 5.78 Å². The third-order valence-corrected chi connectivity index (χ3v) is 6.39. The Kier molecular flexibility index (Phi) is 3.33. The monoisotopic (exact) mass is 401 g/mol. The molecule has 1 unspecified atom stereocenters. The number of rotatable bonds is 1. The van der Waals surface area contributed by atoms with E-state index in [1.165, 1.54) is 6.07 Å². The molecular formula is C15H14Br2FNO. The molecule has 0 radical (unpaired) electrons. The van der Waals surface area contributed by atoms with Crippen molar-refractivity contribution in [2.75, 3.05) is 5.73 Å². The highest BCUT2D eigenvalue weighted by molar-refractivity contribution is 9.12. The maximum atomic E-state index is 14.0. The van der Waals surface area contributed by atoms with Crippen molar-refractivity contribution >= 4 is 48.9 Å². The number of nitrogens with two attached hydrogens (primary N) is 1. The normalized spacial score (nSPS) is 24.9. The fraction of sp³-hybridized carbons (Fsp3) is 0.400. The van der Waals surface area contributed by atoms with Crippen LogP contribution in [0.25, 0.3) is 5.57 Å². The highest BCUT2D eigenvalue weighted by Gasteiger charge is 2.46. The van der Waals surface area contributed by atoms with Gasteiger partial charge in [0.1, 0.15) is 5.82 Å². The van der Waals surface area contributed by atoms with Gasteiger partial charge >= 0.3 is 0 Å². The highest BCUT2D eigenvalue weighted by atomic mass is 79.9. The summed E-state index contributed by atoms with van der Waals surface area (Å²) in [6.07, 6.45) is 3.09. The Balaban J connectivity index is 2.34. The zero-order valence-corrected chi connectivity index (χ0v) is 14.2. The maximum absolute atomic E-state index is 14.0. The van der Waals surface area contributed by atoms with Crippen LogP contribution in [0.2, 0.25) is 0 Å². The zero-order chi connectivity index (χ0) is 14.7. The van der Waals surface area contributed by atoms with E-state index in [4.69, 9.17) is 5.73 Å². The van der Waals surface area contributed by atoms with Gasteiger partial charge in [-0.25, -0.2) is 4.39 Å². The second-order valence-electron chi connectivity index (χ2n) is 5.53. The number of ketones is 1. The number of benzene rings is 1. The molecule has 0 saturated carbocycles. The maximum Gasteiger partial charge on any atom is 0.170 e. The SMILES string of the molecule is CCC12CCC(=O)C(Br)=C1c1cc(F)c(N)c(Br)c1C2. The van der Waals surface area contributed by atoms with Crippen molar-refractivity contribution < 1.29 is 9.18 Å². The minimum Gasteiger partial charge on any atom is -0.395 e. The van der Waals surface area contributed by atoms with Crippen molar-refractivity contribution in [3.05, 3.63) is 32.0 Å². The first-order chi connectivity index (χ1) is 9.41. The minimum absolute atomic E-state index is 0.0716. The van der Waals surface area contributed by atoms with Gasteiger partial charge in [-0.3, -0.25) is 4.79 Å². The lowest BCUT2D eigenvalue weighted by Crippen LogP contribution is -2.26. The fourth-order valence-corrected chi connectivity index (χ4v) is 4.81. The number of carbonyl (C=O) groups is 1. The first-order valence-electron chi connectivity index (χ1n) is 6.61. The van der Waals surface area contributed by atoms with Gasteiger partial charge in [0.15, 0.2) is 5.78 Å². The van der Waals surface area contributed by atoms with Gasteiger partial charge in [-0.2, -0.15) is 0 Å². The minimum atomic E-state index is -0.437. The van der Waals surface area contributed by atoms with E-state index in [-0.39, 0.29) is 16.9 Å². The molecule has 0 aliphatic heterocycles. The molecule has 2 nitrogen and oxygen atoms in total. The average Bonchev–Trinajstić information content (AvgIpc) is 2.77. The molecule has 2 aliphatic rings. The predicted octanol–water partition coefficient (Wildman–Crippen LogP) is 4.59. The second-order valence-corrected chi connectivity index (χ2v) is 7.12. The van der Waals surface area contributed by atoms with Crippen LogP contribution in [0.1, 0.15) is 37.3 Å². The Hall–Kier alpha value is -0.680. The number of hydrogen-bond acceptors (Lipinski definition) is 2. The van der Waals surface area contributed by atoms with Crippen molar-refractivity contribution in [3.63, 3.8) is 0 Å². The molecule has 1 atom stereocenters. The van der Waals surface area contributed by atoms with Crippen molar-refractivity contribution in [2.45, 2.75) is 32.6 Å². The summed E-state index contributed by atoms with van der Waals surface area (Å²) in [7, 11) is 0. The van der Waals surface area contributed by atoms with Crippen molar-refractivity contribution in [1.82, 2.24) is 0 Å². The summed E-state index contributed by atoms with van der Waals surface area (Å²) in [5, 5.41) is 0. The molecule has 2 N–H and O–H groups in total. The summed E-state index contributed by atoms with van der Waals surface area (Å²) in [4.78, 5) is 12.0. The van der Waals surface area contributed by atoms with E-state index in [1.54, 1.807) is 0 Å². The molecule has 0 spiro atoms. The lowest BCUT2D eigenvalue weighted by molar-refractivity contribution is -0.115. The number of Topliss-reactive ketones (excluding diaryl/α,β-unsaturated/α-hetero) is 1. The molecule has 0 bridgehead atoms. The van der Waals surface area contributed by atoms with Crippen LogP contribution in [0.5, 0.6) is 0 Å². The van der Waals surface area contributed by atoms with E-state index in [2.05, 4.69) is 38.8 Å². The molecule has 0 heterocycles. The third-order valence-electron chi connectivity index (χ3n) is 4.64. The molecule has 20 heavy (non-hydrogen) atoms. The predicted molar refractivity (Wildman–Crippen MR) is 85.0 cm³/mol. The standard InChI is InChI=1S/C15H14Br2FNO/c1-2-15-4-3-10(20)13(17)11(15)7-5-9(18)14(19)12(16)8(7)6-15/h5H,2-4,6,19H2,1H3. The van der Waals surface area contributed by atoms with Crippen molar-refractivity contribution in [3.8, 4) is 0 Å². The van der Waals surface area contributed by atoms with Crippen LogP contribution in [-0.2, 0) is 11.2 Å². The van der Waals surface area contributed by atoms with Crippen LogP contribution < -0.4 is 5.73 Å². The highest BCUT2D eigenvalue weighted by Crippen LogP contribution is 2.58. The number of fused-ring (bicyclic) bond motifs is 3. The van der Waals surface area contributed by atoms with Gasteiger partial charge in [0.05, 0.1) is 10.2 Å². The Morgan fingerprint density at radius 2 is 2.15 bits per heavy atom. The molecule has 0 saturated heterocycles. The Bertz CT molecular complexity index is 668. The first kappa shape index (κ1) is 14.3. The molecular weight excluding hydrogens is 389 g/mol. The molecule has 0 amide bonds. The average molecular weight is 403 g/mol. The van der Waals surface area contributed by atoms with Gasteiger partial charge in [-0.15, -0.1) is 0 Å². The van der Waals surface area contributed by atoms with Crippen LogP contribution in [0.3, 0.4) is 0 Å². The summed E-state index contributed by atoms with van der Waals surface area (Å²) < 4.78 is 15.2. The topological polar surface area (TPSA) is 43.1 Å². The van der Waals surface area contributed by atoms with E-state index in [9.17, 15) is 9.18 Å². The second kappa shape index (κ2) is 4.67. The van der Waals surface area contributed by atoms with Gasteiger partial charge < -0.3 is 5.73 Å². The van der Waals surface area contributed by atoms with Crippen LogP contribution >= 0.6 is 31.9 Å². The quantitative estimate of drug-likeness (QED) is 0.698. The molecule has 0 aromatic heterocycles. The number of nitrogen functional groups attached to an aromatic ring is 1. The lowest BCUT2D eigenvalue weighted by Gasteiger charge is -2.34. The van der Waals surface area contributed by atoms with Gasteiger partial charge in [0.2, 0.25) is 0 Å². The van der Waals surface area contributed by atoms with Gasteiger partial charge in [-0.1, -0.05) is 6.92 Å². The zero-order valence-electron chi connectivity index (χ0n) is 11.0. The molecule has 0 fully saturated rings. The van der Waals surface area contributed by atoms with Crippen molar-refractivity contribution in [1.29, 1.82) is 0 Å². The van der Waals surface area contributed by atoms with Gasteiger partial charge in [0, 0.05) is 16.3 Å². The molecule has 1 aromatic carbocycles. The van der Waals surface area contributed by atoms with Gasteiger partial charge in [-0.05, 0) is 73.9 Å². The van der Waals surface area contributed by atoms with Crippen LogP contribution in [0.15, 0.2) is 15.0 Å². The van der Waals surface area contributed by atoms with Gasteiger partial charge in [0.25, 0.3) is 0 Å². The van der Waals surface area contributed by atoms with Crippen LogP contribution in [0, 0.1) is 11.2 Å². The molecule has 106 valence electrons. The van der Waals surface area contributed by atoms with E-state index in [1.807, 2.05) is 0 Å². The fourth-order valence-electron chi connectivity index (χ4n) is 3.43. The summed E-state index contributed by atoms with van der Waals surface area (Å²) in [6.45, 7) is 2.12. The largest absolute Gasteiger partial charge is 0.395 e. The number of anilines is 1. The van der Waals surface area contributed by atoms with E-state index in [0.29, 0.717) is 15.4 Å². The molecule has 1 aromatic rings.